The third-order valence-electron chi connectivity index (χ3n) is 2.76. The molecule has 0 amide bonds. The number of hydrogen-bond donors (Lipinski definition) is 1. The first-order valence-corrected chi connectivity index (χ1v) is 8.88. The van der Waals surface area contributed by atoms with Gasteiger partial charge in [0.15, 0.2) is 0 Å². The number of anilines is 1. The SMILES string of the molecule is COP(=O)(Nc1ccccc1S(=O)(=O)n1cccc1)OC. The van der Waals surface area contributed by atoms with Crippen LogP contribution < -0.4 is 5.09 Å². The van der Waals surface area contributed by atoms with Crippen molar-refractivity contribution in [2.45, 2.75) is 4.90 Å². The van der Waals surface area contributed by atoms with Crippen LogP contribution in [0.15, 0.2) is 53.7 Å². The highest BCUT2D eigenvalue weighted by atomic mass is 32.2. The molecule has 0 saturated heterocycles. The van der Waals surface area contributed by atoms with Crippen LogP contribution in [0.1, 0.15) is 0 Å². The van der Waals surface area contributed by atoms with Gasteiger partial charge in [-0.1, -0.05) is 12.1 Å². The summed E-state index contributed by atoms with van der Waals surface area (Å²) in [6, 6.07) is 9.29. The van der Waals surface area contributed by atoms with E-state index >= 15 is 0 Å². The Balaban J connectivity index is 2.50. The van der Waals surface area contributed by atoms with E-state index in [0.29, 0.717) is 0 Å². The summed E-state index contributed by atoms with van der Waals surface area (Å²) >= 11 is 0. The zero-order valence-corrected chi connectivity index (χ0v) is 13.2. The van der Waals surface area contributed by atoms with Crippen molar-refractivity contribution in [3.8, 4) is 0 Å². The molecular formula is C12H15N2O5PS. The van der Waals surface area contributed by atoms with Crippen LogP contribution in [0.25, 0.3) is 0 Å². The third-order valence-corrected chi connectivity index (χ3v) is 5.94. The molecule has 1 aromatic carbocycles. The van der Waals surface area contributed by atoms with Crippen molar-refractivity contribution in [1.29, 1.82) is 0 Å². The summed E-state index contributed by atoms with van der Waals surface area (Å²) in [6.07, 6.45) is 2.83. The van der Waals surface area contributed by atoms with Crippen molar-refractivity contribution in [3.05, 3.63) is 48.8 Å². The Morgan fingerprint density at radius 2 is 1.62 bits per heavy atom. The predicted molar refractivity (Wildman–Crippen MR) is 78.7 cm³/mol. The van der Waals surface area contributed by atoms with Gasteiger partial charge < -0.3 is 0 Å². The van der Waals surface area contributed by atoms with Crippen LogP contribution in [0.5, 0.6) is 0 Å². The van der Waals surface area contributed by atoms with E-state index in [-0.39, 0.29) is 10.6 Å². The van der Waals surface area contributed by atoms with Gasteiger partial charge in [0.2, 0.25) is 0 Å². The maximum absolute atomic E-state index is 12.5. The molecule has 21 heavy (non-hydrogen) atoms. The molecule has 0 aliphatic carbocycles. The van der Waals surface area contributed by atoms with E-state index in [0.717, 1.165) is 3.97 Å². The fraction of sp³-hybridized carbons (Fsp3) is 0.167. The summed E-state index contributed by atoms with van der Waals surface area (Å²) in [5.74, 6) is 0. The highest BCUT2D eigenvalue weighted by Gasteiger charge is 2.26. The lowest BCUT2D eigenvalue weighted by atomic mass is 10.3. The summed E-state index contributed by atoms with van der Waals surface area (Å²) in [4.78, 5) is -0.0319. The molecule has 1 N–H and O–H groups in total. The maximum atomic E-state index is 12.5. The van der Waals surface area contributed by atoms with Gasteiger partial charge in [0.25, 0.3) is 10.0 Å². The van der Waals surface area contributed by atoms with Gasteiger partial charge in [-0.3, -0.25) is 14.1 Å². The Labute approximate surface area is 123 Å². The molecule has 2 aromatic rings. The molecule has 0 bridgehead atoms. The third kappa shape index (κ3) is 3.19. The molecule has 0 atom stereocenters. The first-order valence-electron chi connectivity index (χ1n) is 5.90. The summed E-state index contributed by atoms with van der Waals surface area (Å²) in [5.41, 5.74) is 0.137. The topological polar surface area (TPSA) is 86.6 Å². The molecule has 114 valence electrons. The molecule has 0 saturated carbocycles. The van der Waals surface area contributed by atoms with Gasteiger partial charge in [-0.15, -0.1) is 0 Å². The van der Waals surface area contributed by atoms with E-state index in [1.807, 2.05) is 0 Å². The minimum atomic E-state index is -3.79. The van der Waals surface area contributed by atoms with Gasteiger partial charge in [0.1, 0.15) is 4.90 Å². The minimum Gasteiger partial charge on any atom is -0.296 e. The van der Waals surface area contributed by atoms with Gasteiger partial charge in [-0.2, -0.15) is 0 Å². The van der Waals surface area contributed by atoms with Gasteiger partial charge in [0, 0.05) is 26.6 Å². The summed E-state index contributed by atoms with van der Waals surface area (Å²) in [6.45, 7) is 0. The first kappa shape index (κ1) is 15.8. The monoisotopic (exact) mass is 330 g/mol. The van der Waals surface area contributed by atoms with Crippen molar-refractivity contribution in [3.63, 3.8) is 0 Å². The van der Waals surface area contributed by atoms with Crippen LogP contribution in [-0.4, -0.2) is 26.6 Å². The largest absolute Gasteiger partial charge is 0.432 e. The number of nitrogens with one attached hydrogen (secondary N) is 1. The molecule has 0 fully saturated rings. The summed E-state index contributed by atoms with van der Waals surface area (Å²) in [7, 11) is -4.98. The average molecular weight is 330 g/mol. The Morgan fingerprint density at radius 3 is 2.19 bits per heavy atom. The fourth-order valence-corrected chi connectivity index (χ4v) is 3.92. The quantitative estimate of drug-likeness (QED) is 0.819. The van der Waals surface area contributed by atoms with Crippen LogP contribution in [0, 0.1) is 0 Å². The number of aromatic nitrogens is 1. The lowest BCUT2D eigenvalue weighted by molar-refractivity contribution is 0.281. The highest BCUT2D eigenvalue weighted by Crippen LogP contribution is 2.47. The van der Waals surface area contributed by atoms with Gasteiger partial charge in [-0.25, -0.2) is 17.0 Å². The maximum Gasteiger partial charge on any atom is 0.432 e. The number of nitrogens with zero attached hydrogens (tertiary/aromatic N) is 1. The number of benzene rings is 1. The molecule has 0 aliphatic heterocycles. The van der Waals surface area contributed by atoms with Crippen molar-refractivity contribution in [1.82, 2.24) is 3.97 Å². The lowest BCUT2D eigenvalue weighted by Gasteiger charge is -2.18. The van der Waals surface area contributed by atoms with E-state index in [9.17, 15) is 13.0 Å². The lowest BCUT2D eigenvalue weighted by Crippen LogP contribution is -2.13. The zero-order chi connectivity index (χ0) is 15.5. The second kappa shape index (κ2) is 6.03. The Morgan fingerprint density at radius 1 is 1.05 bits per heavy atom. The van der Waals surface area contributed by atoms with Crippen LogP contribution in [0.2, 0.25) is 0 Å². The van der Waals surface area contributed by atoms with Crippen molar-refractivity contribution in [2.75, 3.05) is 19.3 Å². The fourth-order valence-electron chi connectivity index (χ4n) is 1.69. The van der Waals surface area contributed by atoms with E-state index < -0.39 is 17.8 Å². The zero-order valence-electron chi connectivity index (χ0n) is 11.5. The summed E-state index contributed by atoms with van der Waals surface area (Å²) in [5, 5.41) is 2.51. The second-order valence-electron chi connectivity index (χ2n) is 3.99. The molecule has 0 aliphatic rings. The average Bonchev–Trinajstić information content (AvgIpc) is 3.02. The molecule has 0 radical (unpaired) electrons. The van der Waals surface area contributed by atoms with E-state index in [1.165, 1.54) is 38.7 Å². The normalized spacial score (nSPS) is 12.3. The Hall–Kier alpha value is -1.60. The number of hydrogen-bond acceptors (Lipinski definition) is 5. The van der Waals surface area contributed by atoms with Gasteiger partial charge >= 0.3 is 7.75 Å². The molecule has 0 spiro atoms. The molecule has 1 aromatic heterocycles. The smallest absolute Gasteiger partial charge is 0.296 e. The van der Waals surface area contributed by atoms with Gasteiger partial charge in [-0.05, 0) is 24.3 Å². The minimum absolute atomic E-state index is 0.0319. The first-order chi connectivity index (χ1) is 9.93. The molecule has 2 rings (SSSR count). The van der Waals surface area contributed by atoms with E-state index in [1.54, 1.807) is 24.3 Å². The van der Waals surface area contributed by atoms with E-state index in [2.05, 4.69) is 5.09 Å². The standard InChI is InChI=1S/C12H15N2O5PS/c1-18-20(15,19-2)13-11-7-3-4-8-12(11)21(16,17)14-9-5-6-10-14/h3-10H,1-2H3,(H,13,15). The van der Waals surface area contributed by atoms with Gasteiger partial charge in [0.05, 0.1) is 5.69 Å². The Kier molecular flexibility index (Phi) is 4.53. The molecule has 9 heteroatoms. The van der Waals surface area contributed by atoms with Crippen molar-refractivity contribution >= 4 is 23.5 Å². The van der Waals surface area contributed by atoms with Crippen molar-refractivity contribution < 1.29 is 22.0 Å². The van der Waals surface area contributed by atoms with Crippen molar-refractivity contribution in [2.24, 2.45) is 0 Å². The van der Waals surface area contributed by atoms with Crippen LogP contribution in [0.3, 0.4) is 0 Å². The van der Waals surface area contributed by atoms with Crippen LogP contribution >= 0.6 is 7.75 Å². The molecular weight excluding hydrogens is 315 g/mol. The molecule has 0 unspecified atom stereocenters. The predicted octanol–water partition coefficient (Wildman–Crippen LogP) is 2.54. The van der Waals surface area contributed by atoms with E-state index in [4.69, 9.17) is 9.05 Å². The number of para-hydroxylation sites is 1. The second-order valence-corrected chi connectivity index (χ2v) is 7.75. The Bertz CT molecular complexity index is 750. The van der Waals surface area contributed by atoms with Crippen LogP contribution in [-0.2, 0) is 23.6 Å². The summed E-state index contributed by atoms with van der Waals surface area (Å²) < 4.78 is 47.8. The molecule has 7 nitrogen and oxygen atoms in total. The van der Waals surface area contributed by atoms with Crippen LogP contribution in [0.4, 0.5) is 5.69 Å². The number of rotatable bonds is 6. The highest BCUT2D eigenvalue weighted by molar-refractivity contribution is 7.90. The molecule has 1 heterocycles.